The second-order valence-electron chi connectivity index (χ2n) is 4.81. The Hall–Kier alpha value is -0.120. The normalized spacial score (nSPS) is 36.4. The van der Waals surface area contributed by atoms with Gasteiger partial charge in [0, 0.05) is 19.1 Å². The highest BCUT2D eigenvalue weighted by Crippen LogP contribution is 2.29. The molecule has 2 unspecified atom stereocenters. The molecule has 1 aliphatic heterocycles. The molecule has 0 radical (unpaired) electrons. The summed E-state index contributed by atoms with van der Waals surface area (Å²) in [4.78, 5) is 2.42. The molecule has 0 aromatic carbocycles. The van der Waals surface area contributed by atoms with Crippen molar-refractivity contribution in [1.29, 1.82) is 0 Å². The van der Waals surface area contributed by atoms with Crippen LogP contribution in [0.1, 0.15) is 32.1 Å². The van der Waals surface area contributed by atoms with E-state index in [1.807, 2.05) is 0 Å². The molecule has 1 heterocycles. The van der Waals surface area contributed by atoms with Crippen LogP contribution in [0.3, 0.4) is 0 Å². The van der Waals surface area contributed by atoms with E-state index < -0.39 is 0 Å². The molecule has 2 rings (SSSR count). The van der Waals surface area contributed by atoms with Crippen molar-refractivity contribution < 1.29 is 5.11 Å². The van der Waals surface area contributed by atoms with Crippen LogP contribution in [0.25, 0.3) is 0 Å². The first-order valence-electron chi connectivity index (χ1n) is 5.93. The Bertz CT molecular complexity index is 180. The van der Waals surface area contributed by atoms with Gasteiger partial charge in [-0.05, 0) is 25.3 Å². The number of hydrogen-bond acceptors (Lipinski definition) is 3. The lowest BCUT2D eigenvalue weighted by atomic mass is 9.91. The maximum Gasteiger partial charge on any atom is 0.0794 e. The van der Waals surface area contributed by atoms with Gasteiger partial charge in [-0.3, -0.25) is 4.90 Å². The van der Waals surface area contributed by atoms with Crippen molar-refractivity contribution in [3.63, 3.8) is 0 Å². The Morgan fingerprint density at radius 3 is 2.50 bits per heavy atom. The van der Waals surface area contributed by atoms with Crippen LogP contribution in [0.5, 0.6) is 0 Å². The molecule has 14 heavy (non-hydrogen) atoms. The Morgan fingerprint density at radius 1 is 1.14 bits per heavy atom. The van der Waals surface area contributed by atoms with Gasteiger partial charge in [-0.1, -0.05) is 19.3 Å². The lowest BCUT2D eigenvalue weighted by Gasteiger charge is -2.44. The number of hydrogen-bond donors (Lipinski definition) is 2. The van der Waals surface area contributed by atoms with E-state index in [9.17, 15) is 5.11 Å². The fourth-order valence-electron chi connectivity index (χ4n) is 2.88. The number of likely N-dealkylation sites (tertiary alicyclic amines) is 1. The molecule has 2 atom stereocenters. The van der Waals surface area contributed by atoms with Gasteiger partial charge < -0.3 is 10.8 Å². The second kappa shape index (κ2) is 4.60. The molecule has 1 saturated heterocycles. The van der Waals surface area contributed by atoms with Gasteiger partial charge >= 0.3 is 0 Å². The summed E-state index contributed by atoms with van der Waals surface area (Å²) in [5.74, 6) is 0.671. The summed E-state index contributed by atoms with van der Waals surface area (Å²) in [5.41, 5.74) is 5.83. The maximum absolute atomic E-state index is 9.31. The number of β-amino-alcohol motifs (C(OH)–C–C–N with tert-alkyl or cyclic N) is 1. The maximum atomic E-state index is 9.31. The summed E-state index contributed by atoms with van der Waals surface area (Å²) in [6.07, 6.45) is 6.55. The van der Waals surface area contributed by atoms with E-state index in [-0.39, 0.29) is 6.10 Å². The number of nitrogens with zero attached hydrogens (tertiary/aromatic N) is 1. The van der Waals surface area contributed by atoms with Gasteiger partial charge in [-0.25, -0.2) is 0 Å². The van der Waals surface area contributed by atoms with Gasteiger partial charge in [0.1, 0.15) is 0 Å². The first-order chi connectivity index (χ1) is 6.81. The van der Waals surface area contributed by atoms with E-state index in [1.54, 1.807) is 0 Å². The van der Waals surface area contributed by atoms with E-state index in [1.165, 1.54) is 32.1 Å². The van der Waals surface area contributed by atoms with Crippen LogP contribution in [0, 0.1) is 5.92 Å². The summed E-state index contributed by atoms with van der Waals surface area (Å²) >= 11 is 0. The zero-order valence-corrected chi connectivity index (χ0v) is 8.86. The first-order valence-corrected chi connectivity index (χ1v) is 5.93. The van der Waals surface area contributed by atoms with Gasteiger partial charge in [0.25, 0.3) is 0 Å². The Morgan fingerprint density at radius 2 is 1.86 bits per heavy atom. The molecule has 3 heteroatoms. The second-order valence-corrected chi connectivity index (χ2v) is 4.81. The van der Waals surface area contributed by atoms with Crippen LogP contribution in [0.4, 0.5) is 0 Å². The molecule has 0 spiro atoms. The summed E-state index contributed by atoms with van der Waals surface area (Å²) in [7, 11) is 0. The molecule has 1 aliphatic carbocycles. The smallest absolute Gasteiger partial charge is 0.0794 e. The minimum Gasteiger partial charge on any atom is -0.390 e. The summed E-state index contributed by atoms with van der Waals surface area (Å²) in [6, 6.07) is 0.658. The Labute approximate surface area is 86.3 Å². The molecule has 1 saturated carbocycles. The van der Waals surface area contributed by atoms with Crippen molar-refractivity contribution in [3.05, 3.63) is 0 Å². The molecule has 2 fully saturated rings. The largest absolute Gasteiger partial charge is 0.390 e. The fourth-order valence-corrected chi connectivity index (χ4v) is 2.88. The molecule has 0 aromatic rings. The highest BCUT2D eigenvalue weighted by molar-refractivity contribution is 4.90. The molecule has 3 nitrogen and oxygen atoms in total. The van der Waals surface area contributed by atoms with Crippen LogP contribution in [-0.2, 0) is 0 Å². The highest BCUT2D eigenvalue weighted by atomic mass is 16.3. The van der Waals surface area contributed by atoms with Crippen molar-refractivity contribution in [1.82, 2.24) is 4.90 Å². The van der Waals surface area contributed by atoms with Gasteiger partial charge in [-0.15, -0.1) is 0 Å². The summed E-state index contributed by atoms with van der Waals surface area (Å²) < 4.78 is 0. The first kappa shape index (κ1) is 10.4. The number of aliphatic hydroxyl groups excluding tert-OH is 1. The van der Waals surface area contributed by atoms with E-state index in [4.69, 9.17) is 5.73 Å². The molecule has 0 amide bonds. The minimum absolute atomic E-state index is 0.0725. The van der Waals surface area contributed by atoms with Crippen LogP contribution in [0.2, 0.25) is 0 Å². The van der Waals surface area contributed by atoms with Crippen LogP contribution in [-0.4, -0.2) is 41.8 Å². The number of aliphatic hydroxyl groups is 1. The predicted molar refractivity (Wildman–Crippen MR) is 57.0 cm³/mol. The van der Waals surface area contributed by atoms with E-state index >= 15 is 0 Å². The van der Waals surface area contributed by atoms with Crippen LogP contribution >= 0.6 is 0 Å². The summed E-state index contributed by atoms with van der Waals surface area (Å²) in [6.45, 7) is 2.57. The highest BCUT2D eigenvalue weighted by Gasteiger charge is 2.35. The average molecular weight is 198 g/mol. The third-order valence-electron chi connectivity index (χ3n) is 3.78. The lowest BCUT2D eigenvalue weighted by molar-refractivity contribution is -0.0405. The third-order valence-corrected chi connectivity index (χ3v) is 3.78. The van der Waals surface area contributed by atoms with Crippen molar-refractivity contribution in [2.24, 2.45) is 11.7 Å². The zero-order valence-electron chi connectivity index (χ0n) is 8.86. The summed E-state index contributed by atoms with van der Waals surface area (Å²) in [5, 5.41) is 9.31. The molecular formula is C11H22N2O. The molecule has 3 N–H and O–H groups in total. The van der Waals surface area contributed by atoms with Crippen LogP contribution in [0.15, 0.2) is 0 Å². The number of rotatable bonds is 2. The van der Waals surface area contributed by atoms with Gasteiger partial charge in [-0.2, -0.15) is 0 Å². The minimum atomic E-state index is -0.0725. The standard InChI is InChI=1S/C11H22N2O/c12-6-9-4-2-1-3-5-11(9)13-7-10(14)8-13/h9-11,14H,1-8,12H2. The van der Waals surface area contributed by atoms with E-state index in [0.29, 0.717) is 12.0 Å². The molecule has 0 bridgehead atoms. The van der Waals surface area contributed by atoms with E-state index in [2.05, 4.69) is 4.90 Å². The number of nitrogens with two attached hydrogens (primary N) is 1. The fraction of sp³-hybridized carbons (Fsp3) is 1.00. The quantitative estimate of drug-likeness (QED) is 0.638. The molecule has 0 aromatic heterocycles. The molecular weight excluding hydrogens is 176 g/mol. The van der Waals surface area contributed by atoms with E-state index in [0.717, 1.165) is 19.6 Å². The van der Waals surface area contributed by atoms with Crippen molar-refractivity contribution >= 4 is 0 Å². The lowest BCUT2D eigenvalue weighted by Crippen LogP contribution is -2.58. The topological polar surface area (TPSA) is 49.5 Å². The molecule has 2 aliphatic rings. The Kier molecular flexibility index (Phi) is 3.42. The van der Waals surface area contributed by atoms with Gasteiger partial charge in [0.15, 0.2) is 0 Å². The zero-order chi connectivity index (χ0) is 9.97. The third kappa shape index (κ3) is 2.10. The van der Waals surface area contributed by atoms with Crippen molar-refractivity contribution in [2.45, 2.75) is 44.2 Å². The molecule has 82 valence electrons. The SMILES string of the molecule is NCC1CCCCCC1N1CC(O)C1. The van der Waals surface area contributed by atoms with Crippen molar-refractivity contribution in [2.75, 3.05) is 19.6 Å². The predicted octanol–water partition coefficient (Wildman–Crippen LogP) is 0.570. The Balaban J connectivity index is 1.91. The average Bonchev–Trinajstić information content (AvgIpc) is 2.37. The monoisotopic (exact) mass is 198 g/mol. The van der Waals surface area contributed by atoms with Crippen molar-refractivity contribution in [3.8, 4) is 0 Å². The van der Waals surface area contributed by atoms with Gasteiger partial charge in [0.2, 0.25) is 0 Å². The van der Waals surface area contributed by atoms with Gasteiger partial charge in [0.05, 0.1) is 6.10 Å². The van der Waals surface area contributed by atoms with Crippen LogP contribution < -0.4 is 5.73 Å².